The van der Waals surface area contributed by atoms with Crippen molar-refractivity contribution in [2.24, 2.45) is 5.10 Å². The van der Waals surface area contributed by atoms with Crippen LogP contribution in [0.5, 0.6) is 11.5 Å². The summed E-state index contributed by atoms with van der Waals surface area (Å²) in [4.78, 5) is 5.55. The van der Waals surface area contributed by atoms with Gasteiger partial charge in [-0.05, 0) is 56.7 Å². The zero-order chi connectivity index (χ0) is 21.0. The molecule has 7 nitrogen and oxygen atoms in total. The molecule has 1 aromatic heterocycles. The molecule has 2 aromatic carbocycles. The van der Waals surface area contributed by atoms with Crippen molar-refractivity contribution in [1.29, 1.82) is 0 Å². The molecule has 0 aliphatic rings. The zero-order valence-corrected chi connectivity index (χ0v) is 18.1. The van der Waals surface area contributed by atoms with Crippen molar-refractivity contribution in [2.75, 3.05) is 12.5 Å². The summed E-state index contributed by atoms with van der Waals surface area (Å²) in [7, 11) is -2.52. The average molecular weight is 432 g/mol. The molecule has 1 N–H and O–H groups in total. The smallest absolute Gasteiger partial charge is 0.339 e. The Hall–Kier alpha value is -2.91. The molecule has 9 heteroatoms. The molecule has 0 bridgehead atoms. The first-order valence-electron chi connectivity index (χ1n) is 8.71. The minimum atomic E-state index is -3.96. The topological polar surface area (TPSA) is 89.9 Å². The van der Waals surface area contributed by atoms with Gasteiger partial charge in [0.25, 0.3) is 0 Å². The molecule has 0 saturated carbocycles. The van der Waals surface area contributed by atoms with Gasteiger partial charge < -0.3 is 8.92 Å². The lowest BCUT2D eigenvalue weighted by atomic mass is 10.2. The van der Waals surface area contributed by atoms with Gasteiger partial charge in [-0.2, -0.15) is 13.5 Å². The van der Waals surface area contributed by atoms with E-state index in [1.165, 1.54) is 36.6 Å². The van der Waals surface area contributed by atoms with E-state index < -0.39 is 10.1 Å². The molecular weight excluding hydrogens is 410 g/mol. The fourth-order valence-corrected chi connectivity index (χ4v) is 4.09. The van der Waals surface area contributed by atoms with Crippen molar-refractivity contribution in [2.45, 2.75) is 25.7 Å². The lowest BCUT2D eigenvalue weighted by molar-refractivity contribution is 0.390. The van der Waals surface area contributed by atoms with Crippen LogP contribution in [0.25, 0.3) is 0 Å². The van der Waals surface area contributed by atoms with E-state index in [0.717, 1.165) is 16.1 Å². The zero-order valence-electron chi connectivity index (χ0n) is 16.5. The van der Waals surface area contributed by atoms with Gasteiger partial charge in [-0.3, -0.25) is 5.43 Å². The number of hydrogen-bond donors (Lipinski definition) is 1. The van der Waals surface area contributed by atoms with Gasteiger partial charge in [-0.1, -0.05) is 17.7 Å². The van der Waals surface area contributed by atoms with E-state index in [-0.39, 0.29) is 16.4 Å². The Bertz CT molecular complexity index is 1120. The van der Waals surface area contributed by atoms with Gasteiger partial charge in [0.2, 0.25) is 5.13 Å². The molecule has 0 spiro atoms. The van der Waals surface area contributed by atoms with E-state index in [1.807, 2.05) is 20.8 Å². The number of benzene rings is 2. The predicted molar refractivity (Wildman–Crippen MR) is 115 cm³/mol. The highest BCUT2D eigenvalue weighted by atomic mass is 32.2. The third-order valence-electron chi connectivity index (χ3n) is 4.10. The minimum Gasteiger partial charge on any atom is -0.493 e. The Labute approximate surface area is 174 Å². The van der Waals surface area contributed by atoms with Gasteiger partial charge >= 0.3 is 10.1 Å². The summed E-state index contributed by atoms with van der Waals surface area (Å²) >= 11 is 1.52. The first kappa shape index (κ1) is 20.8. The van der Waals surface area contributed by atoms with Crippen LogP contribution in [0.2, 0.25) is 0 Å². The van der Waals surface area contributed by atoms with Crippen molar-refractivity contribution < 1.29 is 17.3 Å². The van der Waals surface area contributed by atoms with Gasteiger partial charge in [-0.25, -0.2) is 4.98 Å². The van der Waals surface area contributed by atoms with E-state index in [2.05, 4.69) is 15.5 Å². The third kappa shape index (κ3) is 5.12. The minimum absolute atomic E-state index is 0.0778. The lowest BCUT2D eigenvalue weighted by Crippen LogP contribution is -2.10. The largest absolute Gasteiger partial charge is 0.493 e. The van der Waals surface area contributed by atoms with Gasteiger partial charge in [-0.15, -0.1) is 11.3 Å². The molecular formula is C20H21N3O4S2. The van der Waals surface area contributed by atoms with E-state index >= 15 is 0 Å². The Morgan fingerprint density at radius 2 is 1.79 bits per heavy atom. The van der Waals surface area contributed by atoms with Gasteiger partial charge in [0.15, 0.2) is 11.5 Å². The van der Waals surface area contributed by atoms with Crippen LogP contribution < -0.4 is 14.3 Å². The highest BCUT2D eigenvalue weighted by Crippen LogP contribution is 2.30. The fraction of sp³-hybridized carbons (Fsp3) is 0.200. The third-order valence-corrected chi connectivity index (χ3v) is 6.33. The summed E-state index contributed by atoms with van der Waals surface area (Å²) in [6.07, 6.45) is 1.59. The molecule has 0 amide bonds. The molecule has 0 atom stereocenters. The number of nitrogens with one attached hydrogen (secondary N) is 1. The summed E-state index contributed by atoms with van der Waals surface area (Å²) in [5.41, 5.74) is 5.51. The normalized spacial score (nSPS) is 11.6. The first-order chi connectivity index (χ1) is 13.8. The number of anilines is 1. The predicted octanol–water partition coefficient (Wildman–Crippen LogP) is 4.29. The van der Waals surface area contributed by atoms with E-state index in [4.69, 9.17) is 8.92 Å². The monoisotopic (exact) mass is 431 g/mol. The summed E-state index contributed by atoms with van der Waals surface area (Å²) in [5.74, 6) is 0.384. The van der Waals surface area contributed by atoms with E-state index in [9.17, 15) is 8.42 Å². The van der Waals surface area contributed by atoms with Crippen LogP contribution >= 0.6 is 11.3 Å². The quantitative estimate of drug-likeness (QED) is 0.341. The maximum Gasteiger partial charge on any atom is 0.339 e. The number of methoxy groups -OCH3 is 1. The van der Waals surface area contributed by atoms with Gasteiger partial charge in [0, 0.05) is 4.88 Å². The number of aryl methyl sites for hydroxylation is 3. The SMILES string of the molecule is COc1cc(/C=N\Nc2nc(C)c(C)s2)ccc1OS(=O)(=O)c1ccc(C)cc1. The Kier molecular flexibility index (Phi) is 6.19. The summed E-state index contributed by atoms with van der Waals surface area (Å²) in [6, 6.07) is 11.3. The number of hydrazone groups is 1. The van der Waals surface area contributed by atoms with Crippen LogP contribution in [0, 0.1) is 20.8 Å². The molecule has 0 aliphatic heterocycles. The Balaban J connectivity index is 1.76. The molecule has 29 heavy (non-hydrogen) atoms. The number of ether oxygens (including phenoxy) is 1. The van der Waals surface area contributed by atoms with Crippen LogP contribution in [0.3, 0.4) is 0 Å². The number of hydrogen-bond acceptors (Lipinski definition) is 8. The fourth-order valence-electron chi connectivity index (χ4n) is 2.39. The van der Waals surface area contributed by atoms with Crippen molar-refractivity contribution in [1.82, 2.24) is 4.98 Å². The molecule has 0 unspecified atom stereocenters. The molecule has 0 fully saturated rings. The highest BCUT2D eigenvalue weighted by molar-refractivity contribution is 7.87. The molecule has 0 saturated heterocycles. The van der Waals surface area contributed by atoms with Gasteiger partial charge in [0.05, 0.1) is 19.0 Å². The molecule has 1 heterocycles. The maximum absolute atomic E-state index is 12.5. The van der Waals surface area contributed by atoms with Crippen LogP contribution in [0.4, 0.5) is 5.13 Å². The average Bonchev–Trinajstić information content (AvgIpc) is 3.00. The van der Waals surface area contributed by atoms with Crippen LogP contribution in [0.15, 0.2) is 52.5 Å². The van der Waals surface area contributed by atoms with Gasteiger partial charge in [0.1, 0.15) is 4.90 Å². The van der Waals surface area contributed by atoms with Crippen molar-refractivity contribution in [3.63, 3.8) is 0 Å². The summed E-state index contributed by atoms with van der Waals surface area (Å²) in [5, 5.41) is 4.86. The standard InChI is InChI=1S/C20H21N3O4S2/c1-13-5-8-17(9-6-13)29(24,25)27-18-10-7-16(11-19(18)26-4)12-21-23-20-22-14(2)15(3)28-20/h5-12H,1-4H3,(H,22,23)/b21-12-. The first-order valence-corrected chi connectivity index (χ1v) is 10.9. The second-order valence-electron chi connectivity index (χ2n) is 6.29. The van der Waals surface area contributed by atoms with Crippen LogP contribution in [0.1, 0.15) is 21.7 Å². The van der Waals surface area contributed by atoms with E-state index in [1.54, 1.807) is 30.5 Å². The Morgan fingerprint density at radius 3 is 2.41 bits per heavy atom. The van der Waals surface area contributed by atoms with Crippen LogP contribution in [-0.4, -0.2) is 26.7 Å². The molecule has 0 aliphatic carbocycles. The van der Waals surface area contributed by atoms with Crippen molar-refractivity contribution in [3.05, 3.63) is 64.2 Å². The molecule has 3 aromatic rings. The van der Waals surface area contributed by atoms with Crippen LogP contribution in [-0.2, 0) is 10.1 Å². The molecule has 152 valence electrons. The molecule has 3 rings (SSSR count). The number of rotatable bonds is 7. The van der Waals surface area contributed by atoms with Crippen molar-refractivity contribution >= 4 is 32.8 Å². The number of nitrogens with zero attached hydrogens (tertiary/aromatic N) is 2. The second-order valence-corrected chi connectivity index (χ2v) is 9.04. The van der Waals surface area contributed by atoms with Crippen molar-refractivity contribution in [3.8, 4) is 11.5 Å². The second kappa shape index (κ2) is 8.62. The summed E-state index contributed by atoms with van der Waals surface area (Å²) in [6.45, 7) is 5.82. The number of thiazole rings is 1. The molecule has 0 radical (unpaired) electrons. The highest BCUT2D eigenvalue weighted by Gasteiger charge is 2.19. The summed E-state index contributed by atoms with van der Waals surface area (Å²) < 4.78 is 35.6. The van der Waals surface area contributed by atoms with E-state index in [0.29, 0.717) is 10.7 Å². The number of aromatic nitrogens is 1. The maximum atomic E-state index is 12.5. The Morgan fingerprint density at radius 1 is 1.07 bits per heavy atom. The lowest BCUT2D eigenvalue weighted by Gasteiger charge is -2.11.